The summed E-state index contributed by atoms with van der Waals surface area (Å²) in [6.07, 6.45) is 3.71. The highest BCUT2D eigenvalue weighted by molar-refractivity contribution is 6.07. The van der Waals surface area contributed by atoms with E-state index in [1.807, 2.05) is 36.4 Å². The van der Waals surface area contributed by atoms with Gasteiger partial charge in [-0.1, -0.05) is 18.2 Å². The molecule has 6 heteroatoms. The molecule has 0 radical (unpaired) electrons. The van der Waals surface area contributed by atoms with Gasteiger partial charge in [0.25, 0.3) is 0 Å². The molecule has 1 amide bonds. The number of carbonyl (C=O) groups is 1. The Morgan fingerprint density at radius 1 is 1.27 bits per heavy atom. The Bertz CT molecular complexity index is 916. The molecular weight excluding hydrogens is 352 g/mol. The lowest BCUT2D eigenvalue weighted by Gasteiger charge is -2.12. The predicted molar refractivity (Wildman–Crippen MR) is 106 cm³/mol. The fraction of sp³-hybridized carbons (Fsp3) is 0.350. The summed E-state index contributed by atoms with van der Waals surface area (Å²) < 4.78 is 11.4. The minimum absolute atomic E-state index is 0. The number of ether oxygens (including phenoxy) is 1. The molecule has 1 aromatic heterocycles. The van der Waals surface area contributed by atoms with Crippen molar-refractivity contribution >= 4 is 45.9 Å². The Hall–Kier alpha value is -2.24. The largest absolute Gasteiger partial charge is 0.495 e. The van der Waals surface area contributed by atoms with Gasteiger partial charge in [0.1, 0.15) is 16.9 Å². The summed E-state index contributed by atoms with van der Waals surface area (Å²) in [4.78, 5) is 12.3. The molecule has 0 saturated carbocycles. The van der Waals surface area contributed by atoms with E-state index in [1.165, 1.54) is 6.42 Å². The second kappa shape index (κ2) is 7.98. The molecule has 1 fully saturated rings. The molecule has 0 bridgehead atoms. The monoisotopic (exact) mass is 374 g/mol. The van der Waals surface area contributed by atoms with Crippen molar-refractivity contribution < 1.29 is 13.9 Å². The summed E-state index contributed by atoms with van der Waals surface area (Å²) in [6, 6.07) is 12.1. The van der Waals surface area contributed by atoms with E-state index in [2.05, 4.69) is 10.6 Å². The van der Waals surface area contributed by atoms with Gasteiger partial charge >= 0.3 is 0 Å². The number of hydrogen-bond donors (Lipinski definition) is 2. The Morgan fingerprint density at radius 2 is 2.12 bits per heavy atom. The van der Waals surface area contributed by atoms with E-state index in [4.69, 9.17) is 9.15 Å². The quantitative estimate of drug-likeness (QED) is 0.690. The molecule has 2 N–H and O–H groups in total. The number of benzene rings is 2. The molecule has 0 aliphatic carbocycles. The van der Waals surface area contributed by atoms with Crippen molar-refractivity contribution in [2.75, 3.05) is 19.0 Å². The predicted octanol–water partition coefficient (Wildman–Crippen LogP) is 4.49. The van der Waals surface area contributed by atoms with E-state index < -0.39 is 0 Å². The Kier molecular flexibility index (Phi) is 5.69. The number of furan rings is 1. The van der Waals surface area contributed by atoms with Gasteiger partial charge in [-0.2, -0.15) is 0 Å². The lowest BCUT2D eigenvalue weighted by molar-refractivity contribution is -0.116. The highest BCUT2D eigenvalue weighted by Gasteiger charge is 2.17. The summed E-state index contributed by atoms with van der Waals surface area (Å²) in [5.74, 6) is 0.647. The van der Waals surface area contributed by atoms with Crippen molar-refractivity contribution in [2.24, 2.45) is 0 Å². The standard InChI is InChI=1S/C20H22N2O3.ClH/c1-24-19-11-15-14-6-2-3-7-17(14)25-18(15)12-16(19)22-20(23)9-8-13-5-4-10-21-13;/h2-3,6-7,11-13,21H,4-5,8-10H2,1H3,(H,22,23);1H. The molecule has 4 rings (SSSR count). The molecule has 0 spiro atoms. The van der Waals surface area contributed by atoms with Gasteiger partial charge in [0.2, 0.25) is 5.91 Å². The molecule has 26 heavy (non-hydrogen) atoms. The molecule has 1 aliphatic rings. The zero-order valence-corrected chi connectivity index (χ0v) is 15.5. The SMILES string of the molecule is COc1cc2c(cc1NC(=O)CCC1CCCN1)oc1ccccc12.Cl. The highest BCUT2D eigenvalue weighted by atomic mass is 35.5. The van der Waals surface area contributed by atoms with Gasteiger partial charge in [0.05, 0.1) is 12.8 Å². The summed E-state index contributed by atoms with van der Waals surface area (Å²) in [5.41, 5.74) is 2.23. The summed E-state index contributed by atoms with van der Waals surface area (Å²) in [6.45, 7) is 1.06. The van der Waals surface area contributed by atoms with Crippen LogP contribution in [0.25, 0.3) is 21.9 Å². The van der Waals surface area contributed by atoms with Crippen molar-refractivity contribution in [2.45, 2.75) is 31.7 Å². The van der Waals surface area contributed by atoms with Crippen LogP contribution in [0.5, 0.6) is 5.75 Å². The first kappa shape index (κ1) is 18.5. The van der Waals surface area contributed by atoms with Crippen LogP contribution in [0.3, 0.4) is 0 Å². The molecule has 2 aromatic carbocycles. The van der Waals surface area contributed by atoms with Crippen molar-refractivity contribution in [1.82, 2.24) is 5.32 Å². The molecule has 5 nitrogen and oxygen atoms in total. The van der Waals surface area contributed by atoms with Gasteiger partial charge < -0.3 is 19.8 Å². The van der Waals surface area contributed by atoms with Crippen LogP contribution < -0.4 is 15.4 Å². The Labute approximate surface area is 158 Å². The first-order valence-electron chi connectivity index (χ1n) is 8.77. The molecule has 2 heterocycles. The number of rotatable bonds is 5. The van der Waals surface area contributed by atoms with E-state index in [9.17, 15) is 4.79 Å². The number of fused-ring (bicyclic) bond motifs is 3. The maximum Gasteiger partial charge on any atom is 0.224 e. The van der Waals surface area contributed by atoms with Crippen LogP contribution in [0, 0.1) is 0 Å². The lowest BCUT2D eigenvalue weighted by Crippen LogP contribution is -2.23. The second-order valence-electron chi connectivity index (χ2n) is 6.53. The van der Waals surface area contributed by atoms with Crippen LogP contribution in [-0.4, -0.2) is 25.6 Å². The van der Waals surface area contributed by atoms with Crippen molar-refractivity contribution in [3.63, 3.8) is 0 Å². The van der Waals surface area contributed by atoms with Gasteiger partial charge in [-0.05, 0) is 37.9 Å². The van der Waals surface area contributed by atoms with Crippen molar-refractivity contribution in [3.8, 4) is 5.75 Å². The number of methoxy groups -OCH3 is 1. The number of amides is 1. The lowest BCUT2D eigenvalue weighted by atomic mass is 10.1. The molecule has 1 saturated heterocycles. The fourth-order valence-corrected chi connectivity index (χ4v) is 3.54. The molecule has 1 atom stereocenters. The third-order valence-corrected chi connectivity index (χ3v) is 4.86. The molecular formula is C20H23ClN2O3. The third kappa shape index (κ3) is 3.64. The van der Waals surface area contributed by atoms with Gasteiger partial charge in [0, 0.05) is 29.3 Å². The zero-order valence-electron chi connectivity index (χ0n) is 14.7. The maximum atomic E-state index is 12.3. The maximum absolute atomic E-state index is 12.3. The summed E-state index contributed by atoms with van der Waals surface area (Å²) in [5, 5.41) is 8.42. The van der Waals surface area contributed by atoms with E-state index in [-0.39, 0.29) is 18.3 Å². The van der Waals surface area contributed by atoms with Gasteiger partial charge in [-0.15, -0.1) is 12.4 Å². The number of carbonyl (C=O) groups excluding carboxylic acids is 1. The fourth-order valence-electron chi connectivity index (χ4n) is 3.54. The Balaban J connectivity index is 0.00000196. The van der Waals surface area contributed by atoms with Crippen molar-refractivity contribution in [3.05, 3.63) is 36.4 Å². The summed E-state index contributed by atoms with van der Waals surface area (Å²) in [7, 11) is 1.61. The molecule has 1 aliphatic heterocycles. The van der Waals surface area contributed by atoms with Gasteiger partial charge in [0.15, 0.2) is 0 Å². The van der Waals surface area contributed by atoms with Crippen molar-refractivity contribution in [1.29, 1.82) is 0 Å². The Morgan fingerprint density at radius 3 is 2.88 bits per heavy atom. The highest BCUT2D eigenvalue weighted by Crippen LogP contribution is 2.36. The van der Waals surface area contributed by atoms with E-state index >= 15 is 0 Å². The zero-order chi connectivity index (χ0) is 17.2. The molecule has 1 unspecified atom stereocenters. The third-order valence-electron chi connectivity index (χ3n) is 4.86. The van der Waals surface area contributed by atoms with Gasteiger partial charge in [-0.3, -0.25) is 4.79 Å². The average Bonchev–Trinajstić information content (AvgIpc) is 3.26. The van der Waals surface area contributed by atoms with E-state index in [1.54, 1.807) is 7.11 Å². The van der Waals surface area contributed by atoms with Crippen LogP contribution in [0.4, 0.5) is 5.69 Å². The number of para-hydroxylation sites is 1. The van der Waals surface area contributed by atoms with Crippen LogP contribution >= 0.6 is 12.4 Å². The molecule has 138 valence electrons. The average molecular weight is 375 g/mol. The number of halogens is 1. The first-order valence-corrected chi connectivity index (χ1v) is 8.77. The van der Waals surface area contributed by atoms with E-state index in [0.717, 1.165) is 41.3 Å². The smallest absolute Gasteiger partial charge is 0.224 e. The minimum atomic E-state index is 0. The normalized spacial score (nSPS) is 16.6. The second-order valence-corrected chi connectivity index (χ2v) is 6.53. The van der Waals surface area contributed by atoms with Gasteiger partial charge in [-0.25, -0.2) is 0 Å². The number of nitrogens with one attached hydrogen (secondary N) is 2. The topological polar surface area (TPSA) is 63.5 Å². The number of hydrogen-bond acceptors (Lipinski definition) is 4. The van der Waals surface area contributed by atoms with Crippen LogP contribution in [-0.2, 0) is 4.79 Å². The van der Waals surface area contributed by atoms with Crippen LogP contribution in [0.1, 0.15) is 25.7 Å². The number of anilines is 1. The summed E-state index contributed by atoms with van der Waals surface area (Å²) >= 11 is 0. The van der Waals surface area contributed by atoms with Crippen LogP contribution in [0.15, 0.2) is 40.8 Å². The van der Waals surface area contributed by atoms with Crippen LogP contribution in [0.2, 0.25) is 0 Å². The molecule has 3 aromatic rings. The first-order chi connectivity index (χ1) is 12.2. The minimum Gasteiger partial charge on any atom is -0.495 e. The van der Waals surface area contributed by atoms with E-state index in [0.29, 0.717) is 23.9 Å².